The van der Waals surface area contributed by atoms with Crippen molar-refractivity contribution in [1.29, 1.82) is 0 Å². The van der Waals surface area contributed by atoms with Gasteiger partial charge in [-0.1, -0.05) is 11.2 Å². The number of aromatic nitrogens is 2. The van der Waals surface area contributed by atoms with Crippen molar-refractivity contribution in [3.8, 4) is 10.7 Å². The Labute approximate surface area is 126 Å². The highest BCUT2D eigenvalue weighted by Crippen LogP contribution is 2.23. The molecule has 1 aliphatic rings. The van der Waals surface area contributed by atoms with Gasteiger partial charge in [0, 0.05) is 18.5 Å². The Morgan fingerprint density at radius 2 is 2.33 bits per heavy atom. The van der Waals surface area contributed by atoms with E-state index in [4.69, 9.17) is 8.94 Å². The first-order valence-corrected chi connectivity index (χ1v) is 7.90. The molecule has 0 fully saturated rings. The zero-order chi connectivity index (χ0) is 14.1. The van der Waals surface area contributed by atoms with Crippen LogP contribution in [0, 0.1) is 0 Å². The van der Waals surface area contributed by atoms with Crippen LogP contribution in [0.5, 0.6) is 0 Å². The summed E-state index contributed by atoms with van der Waals surface area (Å²) in [6.45, 7) is 2.58. The van der Waals surface area contributed by atoms with Crippen molar-refractivity contribution in [1.82, 2.24) is 15.0 Å². The quantitative estimate of drug-likeness (QED) is 0.742. The third kappa shape index (κ3) is 2.64. The Hall–Kier alpha value is -1.92. The number of fused-ring (bicyclic) bond motifs is 1. The van der Waals surface area contributed by atoms with Gasteiger partial charge in [0.05, 0.1) is 17.7 Å². The highest BCUT2D eigenvalue weighted by atomic mass is 32.1. The molecule has 1 aliphatic heterocycles. The molecule has 0 spiro atoms. The molecule has 0 atom stereocenters. The average Bonchev–Trinajstić information content (AvgIpc) is 3.19. The second-order valence-corrected chi connectivity index (χ2v) is 6.12. The maximum absolute atomic E-state index is 5.51. The number of thiophene rings is 1. The van der Waals surface area contributed by atoms with Gasteiger partial charge in [-0.05, 0) is 30.5 Å². The zero-order valence-corrected chi connectivity index (χ0v) is 12.3. The monoisotopic (exact) mass is 301 g/mol. The van der Waals surface area contributed by atoms with E-state index in [2.05, 4.69) is 21.1 Å². The molecule has 0 aromatic carbocycles. The number of nitrogens with zero attached hydrogens (tertiary/aromatic N) is 3. The third-order valence-electron chi connectivity index (χ3n) is 3.68. The van der Waals surface area contributed by atoms with Gasteiger partial charge in [-0.25, -0.2) is 0 Å². The first-order valence-electron chi connectivity index (χ1n) is 7.02. The van der Waals surface area contributed by atoms with Crippen LogP contribution in [0.3, 0.4) is 0 Å². The Bertz CT molecular complexity index is 717. The highest BCUT2D eigenvalue weighted by molar-refractivity contribution is 7.13. The van der Waals surface area contributed by atoms with Crippen molar-refractivity contribution in [3.05, 3.63) is 47.1 Å². The van der Waals surface area contributed by atoms with E-state index < -0.39 is 0 Å². The van der Waals surface area contributed by atoms with Crippen molar-refractivity contribution in [2.45, 2.75) is 25.9 Å². The maximum Gasteiger partial charge on any atom is 0.241 e. The zero-order valence-electron chi connectivity index (χ0n) is 11.5. The lowest BCUT2D eigenvalue weighted by Crippen LogP contribution is -2.22. The number of hydrogen-bond donors (Lipinski definition) is 0. The molecule has 3 aromatic heterocycles. The van der Waals surface area contributed by atoms with Crippen LogP contribution in [0.25, 0.3) is 10.7 Å². The molecule has 0 saturated carbocycles. The van der Waals surface area contributed by atoms with Crippen molar-refractivity contribution in [2.75, 3.05) is 6.54 Å². The normalized spacial score (nSPS) is 15.8. The van der Waals surface area contributed by atoms with Crippen molar-refractivity contribution in [3.63, 3.8) is 0 Å². The van der Waals surface area contributed by atoms with Crippen LogP contribution >= 0.6 is 11.3 Å². The molecular weight excluding hydrogens is 286 g/mol. The fourth-order valence-electron chi connectivity index (χ4n) is 2.66. The molecule has 5 nitrogen and oxygen atoms in total. The fourth-order valence-corrected chi connectivity index (χ4v) is 3.31. The number of furan rings is 1. The summed E-state index contributed by atoms with van der Waals surface area (Å²) in [7, 11) is 0. The average molecular weight is 301 g/mol. The Morgan fingerprint density at radius 1 is 1.33 bits per heavy atom. The van der Waals surface area contributed by atoms with Crippen molar-refractivity contribution >= 4 is 11.3 Å². The van der Waals surface area contributed by atoms with Gasteiger partial charge in [-0.2, -0.15) is 4.98 Å². The Morgan fingerprint density at radius 3 is 3.24 bits per heavy atom. The first kappa shape index (κ1) is 12.8. The van der Waals surface area contributed by atoms with Gasteiger partial charge in [-0.15, -0.1) is 11.3 Å². The van der Waals surface area contributed by atoms with E-state index in [9.17, 15) is 0 Å². The summed E-state index contributed by atoms with van der Waals surface area (Å²) in [6, 6.07) is 6.05. The molecule has 21 heavy (non-hydrogen) atoms. The van der Waals surface area contributed by atoms with Crippen LogP contribution in [0.4, 0.5) is 0 Å². The predicted octanol–water partition coefficient (Wildman–Crippen LogP) is 3.34. The van der Waals surface area contributed by atoms with Crippen LogP contribution in [0.2, 0.25) is 0 Å². The van der Waals surface area contributed by atoms with E-state index >= 15 is 0 Å². The summed E-state index contributed by atoms with van der Waals surface area (Å²) in [6.07, 6.45) is 3.87. The SMILES string of the molecule is c1csc(-c2noc(CN3CCCc4occc4C3)n2)c1. The number of hydrogen-bond acceptors (Lipinski definition) is 6. The van der Waals surface area contributed by atoms with Crippen LogP contribution in [-0.4, -0.2) is 21.6 Å². The summed E-state index contributed by atoms with van der Waals surface area (Å²) in [4.78, 5) is 7.85. The smallest absolute Gasteiger partial charge is 0.241 e. The molecule has 3 aromatic rings. The predicted molar refractivity (Wildman–Crippen MR) is 78.8 cm³/mol. The van der Waals surface area contributed by atoms with Crippen LogP contribution in [0.15, 0.2) is 38.8 Å². The molecule has 4 rings (SSSR count). The van der Waals surface area contributed by atoms with Crippen LogP contribution < -0.4 is 0 Å². The number of rotatable bonds is 3. The van der Waals surface area contributed by atoms with E-state index in [0.29, 0.717) is 18.3 Å². The molecule has 6 heteroatoms. The van der Waals surface area contributed by atoms with E-state index in [1.807, 2.05) is 17.5 Å². The minimum absolute atomic E-state index is 0.672. The van der Waals surface area contributed by atoms with Crippen LogP contribution in [0.1, 0.15) is 23.6 Å². The maximum atomic E-state index is 5.51. The van der Waals surface area contributed by atoms with Gasteiger partial charge in [0.15, 0.2) is 0 Å². The second kappa shape index (κ2) is 5.46. The van der Waals surface area contributed by atoms with E-state index in [-0.39, 0.29) is 0 Å². The highest BCUT2D eigenvalue weighted by Gasteiger charge is 2.19. The minimum Gasteiger partial charge on any atom is -0.469 e. The van der Waals surface area contributed by atoms with Gasteiger partial charge in [0.2, 0.25) is 11.7 Å². The lowest BCUT2D eigenvalue weighted by atomic mass is 10.2. The van der Waals surface area contributed by atoms with Gasteiger partial charge in [0.1, 0.15) is 5.76 Å². The summed E-state index contributed by atoms with van der Waals surface area (Å²) in [5.74, 6) is 2.46. The lowest BCUT2D eigenvalue weighted by molar-refractivity contribution is 0.222. The third-order valence-corrected chi connectivity index (χ3v) is 4.54. The molecule has 0 saturated heterocycles. The minimum atomic E-state index is 0.672. The molecule has 0 N–H and O–H groups in total. The fraction of sp³-hybridized carbons (Fsp3) is 0.333. The topological polar surface area (TPSA) is 55.3 Å². The summed E-state index contributed by atoms with van der Waals surface area (Å²) < 4.78 is 10.9. The Kier molecular flexibility index (Phi) is 3.33. The van der Waals surface area contributed by atoms with Gasteiger partial charge in [-0.3, -0.25) is 4.90 Å². The van der Waals surface area contributed by atoms with E-state index in [0.717, 1.165) is 36.6 Å². The molecule has 0 radical (unpaired) electrons. The van der Waals surface area contributed by atoms with E-state index in [1.165, 1.54) is 5.56 Å². The Balaban J connectivity index is 1.49. The van der Waals surface area contributed by atoms with Crippen molar-refractivity contribution < 1.29 is 8.94 Å². The molecule has 0 amide bonds. The van der Waals surface area contributed by atoms with Crippen molar-refractivity contribution in [2.24, 2.45) is 0 Å². The summed E-state index contributed by atoms with van der Waals surface area (Å²) >= 11 is 1.62. The standard InChI is InChI=1S/C15H15N3O2S/c1-3-12-11(5-7-19-12)9-18(6-1)10-14-16-15(17-20-14)13-4-2-8-21-13/h2,4-5,7-8H,1,3,6,9-10H2. The second-order valence-electron chi connectivity index (χ2n) is 5.17. The summed E-state index contributed by atoms with van der Waals surface area (Å²) in [5.41, 5.74) is 1.27. The summed E-state index contributed by atoms with van der Waals surface area (Å²) in [5, 5.41) is 6.08. The first-order chi connectivity index (χ1) is 10.4. The van der Waals surface area contributed by atoms with Gasteiger partial charge < -0.3 is 8.94 Å². The van der Waals surface area contributed by atoms with Crippen LogP contribution in [-0.2, 0) is 19.5 Å². The molecule has 108 valence electrons. The molecule has 0 aliphatic carbocycles. The number of aryl methyl sites for hydroxylation is 1. The largest absolute Gasteiger partial charge is 0.469 e. The molecular formula is C15H15N3O2S. The molecule has 4 heterocycles. The van der Waals surface area contributed by atoms with Gasteiger partial charge in [0.25, 0.3) is 0 Å². The van der Waals surface area contributed by atoms with E-state index in [1.54, 1.807) is 17.6 Å². The lowest BCUT2D eigenvalue weighted by Gasteiger charge is -2.16. The molecule has 0 unspecified atom stereocenters. The molecule has 0 bridgehead atoms. The van der Waals surface area contributed by atoms with Gasteiger partial charge >= 0.3 is 0 Å².